The van der Waals surface area contributed by atoms with Crippen LogP contribution in [0.1, 0.15) is 41.0 Å². The molecule has 0 aromatic rings. The predicted octanol–water partition coefficient (Wildman–Crippen LogP) is 0.987. The van der Waals surface area contributed by atoms with Crippen molar-refractivity contribution in [1.29, 1.82) is 0 Å². The van der Waals surface area contributed by atoms with Crippen LogP contribution in [0.4, 0.5) is 13.6 Å². The molecule has 1 saturated heterocycles. The lowest BCUT2D eigenvalue weighted by molar-refractivity contribution is -0.396. The molecule has 6 nitrogen and oxygen atoms in total. The Morgan fingerprint density at radius 1 is 1.50 bits per heavy atom. The first-order valence-corrected chi connectivity index (χ1v) is 7.31. The van der Waals surface area contributed by atoms with Gasteiger partial charge in [-0.1, -0.05) is 0 Å². The fourth-order valence-electron chi connectivity index (χ4n) is 2.38. The van der Waals surface area contributed by atoms with Crippen LogP contribution in [0.25, 0.3) is 0 Å². The van der Waals surface area contributed by atoms with E-state index >= 15 is 0 Å². The zero-order valence-electron chi connectivity index (χ0n) is 13.9. The molecule has 0 spiro atoms. The van der Waals surface area contributed by atoms with Gasteiger partial charge in [-0.2, -0.15) is 0 Å². The van der Waals surface area contributed by atoms with E-state index < -0.39 is 41.9 Å². The van der Waals surface area contributed by atoms with Crippen molar-refractivity contribution in [2.75, 3.05) is 13.2 Å². The summed E-state index contributed by atoms with van der Waals surface area (Å²) >= 11 is 0. The molecular formula is C14H27F2N2O4+. The number of hydrogen-bond acceptors (Lipinski definition) is 4. The molecule has 1 fully saturated rings. The molecule has 0 aromatic carbocycles. The number of aliphatic hydroxyl groups is 1. The van der Waals surface area contributed by atoms with Crippen LogP contribution in [0, 0.1) is 0 Å². The molecule has 0 aliphatic carbocycles. The molecule has 1 amide bonds. The third kappa shape index (κ3) is 4.50. The maximum absolute atomic E-state index is 14.0. The van der Waals surface area contributed by atoms with Gasteiger partial charge in [0.1, 0.15) is 17.9 Å². The van der Waals surface area contributed by atoms with Crippen LogP contribution >= 0.6 is 0 Å². The third-order valence-electron chi connectivity index (χ3n) is 3.43. The van der Waals surface area contributed by atoms with E-state index in [2.05, 4.69) is 5.73 Å². The van der Waals surface area contributed by atoms with E-state index in [1.807, 2.05) is 0 Å². The summed E-state index contributed by atoms with van der Waals surface area (Å²) in [6, 6.07) is -0.874. The van der Waals surface area contributed by atoms with Gasteiger partial charge in [0.15, 0.2) is 6.10 Å². The number of hydrogen-bond donors (Lipinski definition) is 2. The van der Waals surface area contributed by atoms with Gasteiger partial charge in [0.2, 0.25) is 0 Å². The highest BCUT2D eigenvalue weighted by molar-refractivity contribution is 5.69. The van der Waals surface area contributed by atoms with Gasteiger partial charge >= 0.3 is 6.09 Å². The quantitative estimate of drug-likeness (QED) is 0.807. The van der Waals surface area contributed by atoms with Crippen LogP contribution in [0.5, 0.6) is 0 Å². The van der Waals surface area contributed by atoms with Gasteiger partial charge in [0.05, 0.1) is 12.6 Å². The lowest BCUT2D eigenvalue weighted by Gasteiger charge is -2.36. The first kappa shape index (κ1) is 19.1. The number of rotatable bonds is 4. The number of quaternary nitrogens is 1. The number of halogens is 2. The van der Waals surface area contributed by atoms with Crippen molar-refractivity contribution in [3.8, 4) is 0 Å². The molecule has 22 heavy (non-hydrogen) atoms. The van der Waals surface area contributed by atoms with Crippen LogP contribution in [0.15, 0.2) is 0 Å². The smallest absolute Gasteiger partial charge is 0.412 e. The van der Waals surface area contributed by atoms with Crippen molar-refractivity contribution in [3.63, 3.8) is 0 Å². The van der Waals surface area contributed by atoms with Crippen molar-refractivity contribution < 1.29 is 33.9 Å². The zero-order chi connectivity index (χ0) is 17.3. The molecule has 2 unspecified atom stereocenters. The summed E-state index contributed by atoms with van der Waals surface area (Å²) in [4.78, 5) is 13.5. The van der Waals surface area contributed by atoms with E-state index in [1.165, 1.54) is 4.90 Å². The molecule has 8 heteroatoms. The Morgan fingerprint density at radius 2 is 2.05 bits per heavy atom. The minimum atomic E-state index is -3.35. The molecule has 0 saturated carbocycles. The van der Waals surface area contributed by atoms with Gasteiger partial charge in [-0.05, 0) is 34.6 Å². The standard InChI is InChI=1S/C14H26F2N2O4/c1-12(2,3)22-11(20)18-9(8-21-13(18,4)5)6-14(15,16)10(19)7-17/h9-10,19H,6-8,17H2,1-5H3/p+1. The van der Waals surface area contributed by atoms with Gasteiger partial charge in [-0.3, -0.25) is 4.90 Å². The number of ether oxygens (including phenoxy) is 2. The van der Waals surface area contributed by atoms with Gasteiger partial charge in [-0.25, -0.2) is 13.6 Å². The molecule has 2 atom stereocenters. The van der Waals surface area contributed by atoms with Crippen molar-refractivity contribution in [3.05, 3.63) is 0 Å². The number of carbonyl (C=O) groups excluding carboxylic acids is 1. The minimum absolute atomic E-state index is 0.0360. The van der Waals surface area contributed by atoms with Gasteiger partial charge in [0, 0.05) is 6.42 Å². The first-order chi connectivity index (χ1) is 9.80. The van der Waals surface area contributed by atoms with Gasteiger partial charge < -0.3 is 20.3 Å². The summed E-state index contributed by atoms with van der Waals surface area (Å²) in [6.07, 6.45) is -3.26. The molecule has 1 rings (SSSR count). The number of alkyl halides is 2. The van der Waals surface area contributed by atoms with E-state index in [-0.39, 0.29) is 13.2 Å². The minimum Gasteiger partial charge on any atom is -0.444 e. The maximum Gasteiger partial charge on any atom is 0.412 e. The second kappa shape index (κ2) is 6.25. The Kier molecular flexibility index (Phi) is 5.42. The zero-order valence-corrected chi connectivity index (χ0v) is 13.9. The highest BCUT2D eigenvalue weighted by Gasteiger charge is 2.51. The fraction of sp³-hybridized carbons (Fsp3) is 0.929. The Bertz CT molecular complexity index is 410. The largest absolute Gasteiger partial charge is 0.444 e. The van der Waals surface area contributed by atoms with Crippen LogP contribution < -0.4 is 5.73 Å². The number of amides is 1. The lowest BCUT2D eigenvalue weighted by atomic mass is 10.0. The third-order valence-corrected chi connectivity index (χ3v) is 3.43. The van der Waals surface area contributed by atoms with E-state index in [0.29, 0.717) is 0 Å². The molecule has 0 bridgehead atoms. The molecule has 130 valence electrons. The Hall–Kier alpha value is -0.990. The Morgan fingerprint density at radius 3 is 2.50 bits per heavy atom. The van der Waals surface area contributed by atoms with Crippen LogP contribution in [-0.4, -0.2) is 58.6 Å². The van der Waals surface area contributed by atoms with Crippen molar-refractivity contribution >= 4 is 6.09 Å². The van der Waals surface area contributed by atoms with Crippen LogP contribution in [0.2, 0.25) is 0 Å². The topological polar surface area (TPSA) is 86.6 Å². The summed E-state index contributed by atoms with van der Waals surface area (Å²) in [5.41, 5.74) is 1.51. The molecule has 1 aliphatic heterocycles. The van der Waals surface area contributed by atoms with E-state index in [4.69, 9.17) is 9.47 Å². The van der Waals surface area contributed by atoms with E-state index in [0.717, 1.165) is 0 Å². The highest BCUT2D eigenvalue weighted by Crippen LogP contribution is 2.35. The summed E-state index contributed by atoms with van der Waals surface area (Å²) in [6.45, 7) is 7.99. The second-order valence-corrected chi connectivity index (χ2v) is 7.03. The Labute approximate surface area is 129 Å². The second-order valence-electron chi connectivity index (χ2n) is 7.03. The summed E-state index contributed by atoms with van der Waals surface area (Å²) in [5.74, 6) is -3.35. The normalized spacial score (nSPS) is 23.5. The SMILES string of the molecule is CC(C)(C)OC(=O)N1C(CC(F)(F)C(O)C[NH3+])COC1(C)C. The van der Waals surface area contributed by atoms with Crippen LogP contribution in [0.3, 0.4) is 0 Å². The Balaban J connectivity index is 2.92. The molecule has 4 N–H and O–H groups in total. The molecule has 0 radical (unpaired) electrons. The van der Waals surface area contributed by atoms with Gasteiger partial charge in [0.25, 0.3) is 5.92 Å². The van der Waals surface area contributed by atoms with Crippen molar-refractivity contribution in [1.82, 2.24) is 4.90 Å². The predicted molar refractivity (Wildman–Crippen MR) is 75.2 cm³/mol. The number of aliphatic hydroxyl groups excluding tert-OH is 1. The fourth-order valence-corrected chi connectivity index (χ4v) is 2.38. The average Bonchev–Trinajstić information content (AvgIpc) is 2.60. The lowest BCUT2D eigenvalue weighted by Crippen LogP contribution is -2.61. The average molecular weight is 325 g/mol. The van der Waals surface area contributed by atoms with Crippen molar-refractivity contribution in [2.24, 2.45) is 0 Å². The van der Waals surface area contributed by atoms with Crippen LogP contribution in [-0.2, 0) is 9.47 Å². The molecule has 1 heterocycles. The van der Waals surface area contributed by atoms with Crippen molar-refractivity contribution in [2.45, 2.75) is 70.4 Å². The van der Waals surface area contributed by atoms with E-state index in [9.17, 15) is 18.7 Å². The number of carbonyl (C=O) groups is 1. The monoisotopic (exact) mass is 325 g/mol. The summed E-state index contributed by atoms with van der Waals surface area (Å²) in [5, 5.41) is 9.40. The molecule has 0 aromatic heterocycles. The summed E-state index contributed by atoms with van der Waals surface area (Å²) in [7, 11) is 0. The molecule has 1 aliphatic rings. The first-order valence-electron chi connectivity index (χ1n) is 7.31. The maximum atomic E-state index is 14.0. The molecular weight excluding hydrogens is 298 g/mol. The summed E-state index contributed by atoms with van der Waals surface area (Å²) < 4.78 is 38.7. The van der Waals surface area contributed by atoms with Gasteiger partial charge in [-0.15, -0.1) is 0 Å². The van der Waals surface area contributed by atoms with E-state index in [1.54, 1.807) is 34.6 Å². The number of nitrogens with zero attached hydrogens (tertiary/aromatic N) is 1. The highest BCUT2D eigenvalue weighted by atomic mass is 19.3.